The zero-order valence-corrected chi connectivity index (χ0v) is 11.7. The summed E-state index contributed by atoms with van der Waals surface area (Å²) in [4.78, 5) is 0.244. The summed E-state index contributed by atoms with van der Waals surface area (Å²) >= 11 is 0. The highest BCUT2D eigenvalue weighted by Gasteiger charge is 2.23. The highest BCUT2D eigenvalue weighted by molar-refractivity contribution is 7.89. The first-order valence-corrected chi connectivity index (χ1v) is 7.17. The average molecular weight is 272 g/mol. The van der Waals surface area contributed by atoms with Crippen molar-refractivity contribution in [2.24, 2.45) is 5.73 Å². The molecule has 0 bridgehead atoms. The largest absolute Gasteiger partial charge is 0.392 e. The van der Waals surface area contributed by atoms with Gasteiger partial charge in [-0.05, 0) is 31.0 Å². The molecule has 0 aliphatic heterocycles. The van der Waals surface area contributed by atoms with E-state index in [4.69, 9.17) is 5.73 Å². The first kappa shape index (κ1) is 15.1. The van der Waals surface area contributed by atoms with Crippen LogP contribution < -0.4 is 5.73 Å². The van der Waals surface area contributed by atoms with E-state index in [0.29, 0.717) is 12.1 Å². The van der Waals surface area contributed by atoms with Crippen molar-refractivity contribution in [2.45, 2.75) is 31.4 Å². The van der Waals surface area contributed by atoms with Gasteiger partial charge in [-0.1, -0.05) is 12.1 Å². The number of rotatable bonds is 5. The van der Waals surface area contributed by atoms with Gasteiger partial charge < -0.3 is 10.8 Å². The van der Waals surface area contributed by atoms with E-state index in [1.165, 1.54) is 7.05 Å². The summed E-state index contributed by atoms with van der Waals surface area (Å²) < 4.78 is 25.8. The first-order valence-electron chi connectivity index (χ1n) is 5.73. The maximum Gasteiger partial charge on any atom is 0.243 e. The molecule has 0 saturated carbocycles. The molecule has 0 fully saturated rings. The predicted octanol–water partition coefficient (Wildman–Crippen LogP) is 0.455. The molecule has 0 heterocycles. The molecule has 1 aromatic rings. The van der Waals surface area contributed by atoms with E-state index in [1.54, 1.807) is 26.0 Å². The van der Waals surface area contributed by atoms with E-state index >= 15 is 0 Å². The number of aryl methyl sites for hydroxylation is 1. The number of hydrogen-bond donors (Lipinski definition) is 2. The zero-order valence-electron chi connectivity index (χ0n) is 10.9. The van der Waals surface area contributed by atoms with Crippen LogP contribution in [-0.4, -0.2) is 37.5 Å². The minimum absolute atomic E-state index is 0.0641. The van der Waals surface area contributed by atoms with Crippen LogP contribution in [0, 0.1) is 6.92 Å². The van der Waals surface area contributed by atoms with Gasteiger partial charge in [0.05, 0.1) is 11.0 Å². The highest BCUT2D eigenvalue weighted by atomic mass is 32.2. The summed E-state index contributed by atoms with van der Waals surface area (Å²) in [5.74, 6) is 0. The van der Waals surface area contributed by atoms with Crippen molar-refractivity contribution in [3.05, 3.63) is 29.3 Å². The first-order chi connectivity index (χ1) is 8.28. The number of aliphatic hydroxyl groups is 1. The van der Waals surface area contributed by atoms with Crippen molar-refractivity contribution in [3.63, 3.8) is 0 Å². The number of nitrogens with two attached hydrogens (primary N) is 1. The predicted molar refractivity (Wildman–Crippen MR) is 70.6 cm³/mol. The Morgan fingerprint density at radius 2 is 2.06 bits per heavy atom. The standard InChI is InChI=1S/C12H20N2O3S/c1-9-4-5-11(7-13)6-12(9)18(16,17)14(3)8-10(2)15/h4-6,10,15H,7-8,13H2,1-3H3. The van der Waals surface area contributed by atoms with Gasteiger partial charge in [-0.15, -0.1) is 0 Å². The Balaban J connectivity index is 3.19. The molecule has 0 spiro atoms. The number of benzene rings is 1. The van der Waals surface area contributed by atoms with Crippen LogP contribution in [0.2, 0.25) is 0 Å². The second kappa shape index (κ2) is 5.79. The lowest BCUT2D eigenvalue weighted by Crippen LogP contribution is -2.33. The smallest absolute Gasteiger partial charge is 0.243 e. The van der Waals surface area contributed by atoms with Crippen LogP contribution >= 0.6 is 0 Å². The van der Waals surface area contributed by atoms with Crippen molar-refractivity contribution in [2.75, 3.05) is 13.6 Å². The molecule has 1 unspecified atom stereocenters. The molecule has 1 atom stereocenters. The van der Waals surface area contributed by atoms with Crippen molar-refractivity contribution in [3.8, 4) is 0 Å². The summed E-state index contributed by atoms with van der Waals surface area (Å²) in [5.41, 5.74) is 6.96. The Bertz CT molecular complexity index is 512. The maximum atomic E-state index is 12.3. The topological polar surface area (TPSA) is 83.6 Å². The molecule has 0 aliphatic carbocycles. The molecule has 6 heteroatoms. The lowest BCUT2D eigenvalue weighted by atomic mass is 10.1. The second-order valence-electron chi connectivity index (χ2n) is 4.44. The average Bonchev–Trinajstić information content (AvgIpc) is 2.28. The molecule has 0 radical (unpaired) electrons. The van der Waals surface area contributed by atoms with Crippen LogP contribution in [0.1, 0.15) is 18.1 Å². The van der Waals surface area contributed by atoms with E-state index in [-0.39, 0.29) is 11.4 Å². The molecule has 0 amide bonds. The fourth-order valence-corrected chi connectivity index (χ4v) is 3.21. The minimum atomic E-state index is -3.58. The number of sulfonamides is 1. The van der Waals surface area contributed by atoms with Gasteiger partial charge >= 0.3 is 0 Å². The highest BCUT2D eigenvalue weighted by Crippen LogP contribution is 2.20. The van der Waals surface area contributed by atoms with E-state index in [2.05, 4.69) is 0 Å². The molecule has 3 N–H and O–H groups in total. The van der Waals surface area contributed by atoms with Crippen LogP contribution in [0.3, 0.4) is 0 Å². The van der Waals surface area contributed by atoms with Crippen LogP contribution in [0.5, 0.6) is 0 Å². The normalized spacial score (nSPS) is 13.9. The Morgan fingerprint density at radius 1 is 1.44 bits per heavy atom. The lowest BCUT2D eigenvalue weighted by Gasteiger charge is -2.20. The summed E-state index contributed by atoms with van der Waals surface area (Å²) in [5, 5.41) is 9.28. The van der Waals surface area contributed by atoms with Gasteiger partial charge in [-0.2, -0.15) is 4.31 Å². The monoisotopic (exact) mass is 272 g/mol. The summed E-state index contributed by atoms with van der Waals surface area (Å²) in [6.45, 7) is 3.65. The van der Waals surface area contributed by atoms with Gasteiger partial charge in [0.15, 0.2) is 0 Å². The van der Waals surface area contributed by atoms with Gasteiger partial charge in [0.25, 0.3) is 0 Å². The third-order valence-electron chi connectivity index (χ3n) is 2.70. The molecule has 5 nitrogen and oxygen atoms in total. The molecule has 18 heavy (non-hydrogen) atoms. The van der Waals surface area contributed by atoms with Crippen molar-refractivity contribution in [1.82, 2.24) is 4.31 Å². The minimum Gasteiger partial charge on any atom is -0.392 e. The number of likely N-dealkylation sites (N-methyl/N-ethyl adjacent to an activating group) is 1. The molecular weight excluding hydrogens is 252 g/mol. The summed E-state index contributed by atoms with van der Waals surface area (Å²) in [6.07, 6.45) is -0.706. The summed E-state index contributed by atoms with van der Waals surface area (Å²) in [7, 11) is -2.12. The SMILES string of the molecule is Cc1ccc(CN)cc1S(=O)(=O)N(C)CC(C)O. The Kier molecular flexibility index (Phi) is 4.86. The van der Waals surface area contributed by atoms with Gasteiger partial charge in [0.2, 0.25) is 10.0 Å². The van der Waals surface area contributed by atoms with Crippen LogP contribution in [-0.2, 0) is 16.6 Å². The van der Waals surface area contributed by atoms with Gasteiger partial charge in [0, 0.05) is 20.1 Å². The van der Waals surface area contributed by atoms with E-state index in [0.717, 1.165) is 9.87 Å². The van der Waals surface area contributed by atoms with Crippen molar-refractivity contribution >= 4 is 10.0 Å². The Morgan fingerprint density at radius 3 is 2.56 bits per heavy atom. The summed E-state index contributed by atoms with van der Waals surface area (Å²) in [6, 6.07) is 5.14. The van der Waals surface area contributed by atoms with Gasteiger partial charge in [-0.25, -0.2) is 8.42 Å². The Labute approximate surface area is 108 Å². The molecule has 0 saturated heterocycles. The quantitative estimate of drug-likeness (QED) is 0.815. The molecular formula is C12H20N2O3S. The third-order valence-corrected chi connectivity index (χ3v) is 4.66. The molecule has 1 rings (SSSR count). The fraction of sp³-hybridized carbons (Fsp3) is 0.500. The van der Waals surface area contributed by atoms with E-state index in [9.17, 15) is 13.5 Å². The van der Waals surface area contributed by atoms with Gasteiger partial charge in [0.1, 0.15) is 0 Å². The van der Waals surface area contributed by atoms with Crippen LogP contribution in [0.4, 0.5) is 0 Å². The van der Waals surface area contributed by atoms with Crippen molar-refractivity contribution < 1.29 is 13.5 Å². The van der Waals surface area contributed by atoms with Crippen LogP contribution in [0.15, 0.2) is 23.1 Å². The Hall–Kier alpha value is -0.950. The van der Waals surface area contributed by atoms with Crippen molar-refractivity contribution in [1.29, 1.82) is 0 Å². The number of hydrogen-bond acceptors (Lipinski definition) is 4. The number of aliphatic hydroxyl groups excluding tert-OH is 1. The zero-order chi connectivity index (χ0) is 13.9. The third kappa shape index (κ3) is 3.29. The fourth-order valence-electron chi connectivity index (χ4n) is 1.69. The molecule has 0 aliphatic rings. The molecule has 102 valence electrons. The number of nitrogens with zero attached hydrogens (tertiary/aromatic N) is 1. The molecule has 0 aromatic heterocycles. The maximum absolute atomic E-state index is 12.3. The van der Waals surface area contributed by atoms with E-state index < -0.39 is 16.1 Å². The lowest BCUT2D eigenvalue weighted by molar-refractivity contribution is 0.171. The van der Waals surface area contributed by atoms with E-state index in [1.807, 2.05) is 6.07 Å². The van der Waals surface area contributed by atoms with Gasteiger partial charge in [-0.3, -0.25) is 0 Å². The second-order valence-corrected chi connectivity index (χ2v) is 6.45. The molecule has 1 aromatic carbocycles. The van der Waals surface area contributed by atoms with Crippen LogP contribution in [0.25, 0.3) is 0 Å².